The number of nitrogens with one attached hydrogen (secondary N) is 1. The minimum absolute atomic E-state index is 0.215. The fourth-order valence-corrected chi connectivity index (χ4v) is 2.09. The van der Waals surface area contributed by atoms with Gasteiger partial charge in [0.2, 0.25) is 0 Å². The van der Waals surface area contributed by atoms with E-state index in [9.17, 15) is 0 Å². The lowest BCUT2D eigenvalue weighted by atomic mass is 9.91. The molecule has 0 radical (unpaired) electrons. The van der Waals surface area contributed by atoms with Crippen molar-refractivity contribution in [2.24, 2.45) is 5.73 Å². The van der Waals surface area contributed by atoms with E-state index in [1.165, 1.54) is 19.2 Å². The smallest absolute Gasteiger partial charge is 0.134 e. The Labute approximate surface area is 94.2 Å². The zero-order valence-corrected chi connectivity index (χ0v) is 9.24. The van der Waals surface area contributed by atoms with Crippen LogP contribution in [0.4, 0.5) is 5.82 Å². The molecule has 0 aliphatic heterocycles. The maximum atomic E-state index is 6.03. The lowest BCUT2D eigenvalue weighted by Gasteiger charge is -2.29. The molecule has 1 saturated carbocycles. The van der Waals surface area contributed by atoms with Crippen molar-refractivity contribution in [1.29, 1.82) is 0 Å². The number of anilines is 1. The SMILES string of the molecule is NC1CCCCC1Nc1cc(Cl)ncn1. The van der Waals surface area contributed by atoms with E-state index in [2.05, 4.69) is 15.3 Å². The number of nitrogens with zero attached hydrogens (tertiary/aromatic N) is 2. The van der Waals surface area contributed by atoms with Crippen molar-refractivity contribution in [2.75, 3.05) is 5.32 Å². The second-order valence-electron chi connectivity index (χ2n) is 3.93. The molecule has 0 amide bonds. The molecule has 4 nitrogen and oxygen atoms in total. The fraction of sp³-hybridized carbons (Fsp3) is 0.600. The molecule has 1 aromatic rings. The van der Waals surface area contributed by atoms with Gasteiger partial charge in [-0.05, 0) is 12.8 Å². The number of rotatable bonds is 2. The number of halogens is 1. The first-order valence-electron chi connectivity index (χ1n) is 5.25. The second-order valence-corrected chi connectivity index (χ2v) is 4.31. The van der Waals surface area contributed by atoms with Crippen LogP contribution in [0.15, 0.2) is 12.4 Å². The van der Waals surface area contributed by atoms with E-state index < -0.39 is 0 Å². The maximum absolute atomic E-state index is 6.03. The minimum Gasteiger partial charge on any atom is -0.366 e. The van der Waals surface area contributed by atoms with Crippen LogP contribution in [0.1, 0.15) is 25.7 Å². The molecule has 15 heavy (non-hydrogen) atoms. The molecule has 0 spiro atoms. The molecular formula is C10H15ClN4. The van der Waals surface area contributed by atoms with Crippen LogP contribution in [0, 0.1) is 0 Å². The normalized spacial score (nSPS) is 26.3. The maximum Gasteiger partial charge on any atom is 0.134 e. The Bertz CT molecular complexity index is 331. The summed E-state index contributed by atoms with van der Waals surface area (Å²) in [6.45, 7) is 0. The predicted molar refractivity (Wildman–Crippen MR) is 60.9 cm³/mol. The standard InChI is InChI=1S/C10H15ClN4/c11-9-5-10(14-6-13-9)15-8-4-2-1-3-7(8)12/h5-8H,1-4,12H2,(H,13,14,15). The summed E-state index contributed by atoms with van der Waals surface area (Å²) in [4.78, 5) is 7.94. The van der Waals surface area contributed by atoms with Crippen molar-refractivity contribution in [3.63, 3.8) is 0 Å². The lowest BCUT2D eigenvalue weighted by Crippen LogP contribution is -2.42. The monoisotopic (exact) mass is 226 g/mol. The molecule has 0 bridgehead atoms. The summed E-state index contributed by atoms with van der Waals surface area (Å²) >= 11 is 5.78. The van der Waals surface area contributed by atoms with Crippen LogP contribution < -0.4 is 11.1 Å². The molecule has 1 aliphatic carbocycles. The quantitative estimate of drug-likeness (QED) is 0.755. The van der Waals surface area contributed by atoms with Crippen molar-refractivity contribution < 1.29 is 0 Å². The van der Waals surface area contributed by atoms with E-state index >= 15 is 0 Å². The molecule has 5 heteroatoms. The van der Waals surface area contributed by atoms with Crippen LogP contribution in [-0.4, -0.2) is 22.1 Å². The van der Waals surface area contributed by atoms with Gasteiger partial charge in [0.15, 0.2) is 0 Å². The van der Waals surface area contributed by atoms with Gasteiger partial charge in [-0.3, -0.25) is 0 Å². The molecule has 2 rings (SSSR count). The topological polar surface area (TPSA) is 63.8 Å². The number of aromatic nitrogens is 2. The molecule has 1 heterocycles. The Morgan fingerprint density at radius 3 is 2.87 bits per heavy atom. The molecule has 0 aromatic carbocycles. The van der Waals surface area contributed by atoms with Gasteiger partial charge in [0.05, 0.1) is 0 Å². The molecule has 1 fully saturated rings. The van der Waals surface area contributed by atoms with E-state index in [0.717, 1.165) is 18.7 Å². The third-order valence-electron chi connectivity index (χ3n) is 2.79. The van der Waals surface area contributed by atoms with Gasteiger partial charge in [-0.2, -0.15) is 0 Å². The van der Waals surface area contributed by atoms with Gasteiger partial charge < -0.3 is 11.1 Å². The third kappa shape index (κ3) is 2.79. The second kappa shape index (κ2) is 4.77. The van der Waals surface area contributed by atoms with Gasteiger partial charge in [-0.1, -0.05) is 24.4 Å². The molecule has 3 N–H and O–H groups in total. The average molecular weight is 227 g/mol. The van der Waals surface area contributed by atoms with Crippen molar-refractivity contribution in [3.05, 3.63) is 17.5 Å². The summed E-state index contributed by atoms with van der Waals surface area (Å²) in [5, 5.41) is 3.77. The molecule has 1 aliphatic rings. The van der Waals surface area contributed by atoms with Gasteiger partial charge >= 0.3 is 0 Å². The highest BCUT2D eigenvalue weighted by Crippen LogP contribution is 2.20. The van der Waals surface area contributed by atoms with Crippen LogP contribution >= 0.6 is 11.6 Å². The third-order valence-corrected chi connectivity index (χ3v) is 2.99. The summed E-state index contributed by atoms with van der Waals surface area (Å²) in [5.74, 6) is 0.761. The first kappa shape index (κ1) is 10.6. The Morgan fingerprint density at radius 2 is 2.13 bits per heavy atom. The van der Waals surface area contributed by atoms with Crippen molar-refractivity contribution in [3.8, 4) is 0 Å². The highest BCUT2D eigenvalue weighted by molar-refractivity contribution is 6.29. The molecule has 1 aromatic heterocycles. The van der Waals surface area contributed by atoms with Crippen LogP contribution in [0.25, 0.3) is 0 Å². The molecule has 2 atom stereocenters. The molecular weight excluding hydrogens is 212 g/mol. The van der Waals surface area contributed by atoms with Crippen molar-refractivity contribution in [2.45, 2.75) is 37.8 Å². The van der Waals surface area contributed by atoms with Crippen molar-refractivity contribution >= 4 is 17.4 Å². The van der Waals surface area contributed by atoms with E-state index in [1.54, 1.807) is 6.07 Å². The van der Waals surface area contributed by atoms with Crippen LogP contribution in [0.5, 0.6) is 0 Å². The highest BCUT2D eigenvalue weighted by Gasteiger charge is 2.21. The summed E-state index contributed by atoms with van der Waals surface area (Å²) in [6.07, 6.45) is 6.09. The van der Waals surface area contributed by atoms with Gasteiger partial charge in [-0.25, -0.2) is 9.97 Å². The summed E-state index contributed by atoms with van der Waals surface area (Å²) in [6, 6.07) is 2.25. The van der Waals surface area contributed by atoms with Gasteiger partial charge in [0.1, 0.15) is 17.3 Å². The van der Waals surface area contributed by atoms with Crippen LogP contribution in [0.2, 0.25) is 5.15 Å². The average Bonchev–Trinajstić information content (AvgIpc) is 2.22. The minimum atomic E-state index is 0.215. The summed E-state index contributed by atoms with van der Waals surface area (Å²) < 4.78 is 0. The first-order chi connectivity index (χ1) is 7.25. The van der Waals surface area contributed by atoms with Crippen molar-refractivity contribution in [1.82, 2.24) is 9.97 Å². The summed E-state index contributed by atoms with van der Waals surface area (Å²) in [5.41, 5.74) is 6.03. The van der Waals surface area contributed by atoms with Gasteiger partial charge in [-0.15, -0.1) is 0 Å². The highest BCUT2D eigenvalue weighted by atomic mass is 35.5. The lowest BCUT2D eigenvalue weighted by molar-refractivity contribution is 0.403. The Hall–Kier alpha value is -0.870. The van der Waals surface area contributed by atoms with E-state index in [-0.39, 0.29) is 6.04 Å². The molecule has 82 valence electrons. The van der Waals surface area contributed by atoms with Crippen LogP contribution in [0.3, 0.4) is 0 Å². The number of nitrogens with two attached hydrogens (primary N) is 1. The largest absolute Gasteiger partial charge is 0.366 e. The van der Waals surface area contributed by atoms with Gasteiger partial charge in [0.25, 0.3) is 0 Å². The fourth-order valence-electron chi connectivity index (χ4n) is 1.94. The number of hydrogen-bond acceptors (Lipinski definition) is 4. The Kier molecular flexibility index (Phi) is 3.38. The van der Waals surface area contributed by atoms with Crippen LogP contribution in [-0.2, 0) is 0 Å². The van der Waals surface area contributed by atoms with E-state index in [4.69, 9.17) is 17.3 Å². The molecule has 0 saturated heterocycles. The van der Waals surface area contributed by atoms with E-state index in [0.29, 0.717) is 11.2 Å². The zero-order chi connectivity index (χ0) is 10.7. The van der Waals surface area contributed by atoms with E-state index in [1.807, 2.05) is 0 Å². The predicted octanol–water partition coefficient (Wildman–Crippen LogP) is 1.81. The van der Waals surface area contributed by atoms with Gasteiger partial charge in [0, 0.05) is 18.2 Å². The Balaban J connectivity index is 2.01. The Morgan fingerprint density at radius 1 is 1.33 bits per heavy atom. The number of hydrogen-bond donors (Lipinski definition) is 2. The molecule has 2 unspecified atom stereocenters. The summed E-state index contributed by atoms with van der Waals surface area (Å²) in [7, 11) is 0. The zero-order valence-electron chi connectivity index (χ0n) is 8.49. The first-order valence-corrected chi connectivity index (χ1v) is 5.63.